The third-order valence-electron chi connectivity index (χ3n) is 5.75. The monoisotopic (exact) mass is 579 g/mol. The van der Waals surface area contributed by atoms with Crippen LogP contribution >= 0.6 is 30.3 Å². The van der Waals surface area contributed by atoms with Crippen molar-refractivity contribution in [2.45, 2.75) is 51.7 Å². The van der Waals surface area contributed by atoms with Crippen molar-refractivity contribution >= 4 is 53.3 Å². The number of halogens is 1. The Kier molecular flexibility index (Phi) is 7.68. The van der Waals surface area contributed by atoms with Crippen molar-refractivity contribution in [2.24, 2.45) is 0 Å². The molecular formula is C24H30IN5O2S. The highest BCUT2D eigenvalue weighted by Crippen LogP contribution is 2.31. The lowest BCUT2D eigenvalue weighted by molar-refractivity contribution is 0.0197. The van der Waals surface area contributed by atoms with E-state index in [9.17, 15) is 4.79 Å². The van der Waals surface area contributed by atoms with E-state index >= 15 is 0 Å². The molecule has 1 fully saturated rings. The van der Waals surface area contributed by atoms with Crippen LogP contribution in [0.4, 0.5) is 10.6 Å². The van der Waals surface area contributed by atoms with Crippen molar-refractivity contribution in [3.63, 3.8) is 0 Å². The van der Waals surface area contributed by atoms with Gasteiger partial charge in [0.05, 0.1) is 5.39 Å². The molecule has 7 nitrogen and oxygen atoms in total. The van der Waals surface area contributed by atoms with Gasteiger partial charge in [-0.3, -0.25) is 3.97 Å². The SMILES string of the molecule is CC(C)(C)OC(=O)N1CCCC(N(CCc2ccccc2)c2ncnc3c2ccn3SI)C1. The second-order valence-corrected chi connectivity index (χ2v) is 11.0. The van der Waals surface area contributed by atoms with E-state index in [1.807, 2.05) is 41.9 Å². The van der Waals surface area contributed by atoms with Gasteiger partial charge in [0.15, 0.2) is 5.65 Å². The topological polar surface area (TPSA) is 63.5 Å². The Morgan fingerprint density at radius 1 is 1.24 bits per heavy atom. The van der Waals surface area contributed by atoms with Crippen LogP contribution < -0.4 is 4.90 Å². The fraction of sp³-hybridized carbons (Fsp3) is 0.458. The minimum absolute atomic E-state index is 0.156. The van der Waals surface area contributed by atoms with Gasteiger partial charge in [-0.05, 0) is 51.7 Å². The van der Waals surface area contributed by atoms with E-state index in [1.54, 1.807) is 15.4 Å². The van der Waals surface area contributed by atoms with Crippen LogP contribution in [0.15, 0.2) is 48.9 Å². The van der Waals surface area contributed by atoms with Gasteiger partial charge in [0.2, 0.25) is 0 Å². The first kappa shape index (κ1) is 24.1. The fourth-order valence-electron chi connectivity index (χ4n) is 4.26. The average molecular weight is 580 g/mol. The summed E-state index contributed by atoms with van der Waals surface area (Å²) in [6.07, 6.45) is 6.27. The van der Waals surface area contributed by atoms with Crippen molar-refractivity contribution in [3.05, 3.63) is 54.5 Å². The first-order chi connectivity index (χ1) is 15.9. The Morgan fingerprint density at radius 2 is 2.03 bits per heavy atom. The molecule has 0 bridgehead atoms. The number of anilines is 1. The molecule has 9 heteroatoms. The Hall–Kier alpha value is -2.01. The average Bonchev–Trinajstić information content (AvgIpc) is 3.23. The number of benzene rings is 1. The Labute approximate surface area is 211 Å². The molecule has 0 N–H and O–H groups in total. The van der Waals surface area contributed by atoms with Gasteiger partial charge in [0.25, 0.3) is 0 Å². The van der Waals surface area contributed by atoms with E-state index < -0.39 is 5.60 Å². The van der Waals surface area contributed by atoms with E-state index in [0.29, 0.717) is 6.54 Å². The van der Waals surface area contributed by atoms with Crippen LogP contribution in [0.25, 0.3) is 11.0 Å². The molecule has 1 aliphatic heterocycles. The summed E-state index contributed by atoms with van der Waals surface area (Å²) in [5, 5.41) is 1.03. The molecule has 0 spiro atoms. The van der Waals surface area contributed by atoms with E-state index in [2.05, 4.69) is 61.4 Å². The molecule has 1 atom stereocenters. The third kappa shape index (κ3) is 5.92. The number of carbonyl (C=O) groups excluding carboxylic acids is 1. The largest absolute Gasteiger partial charge is 0.444 e. The van der Waals surface area contributed by atoms with Crippen LogP contribution in [0.1, 0.15) is 39.2 Å². The number of likely N-dealkylation sites (tertiary alicyclic amines) is 1. The van der Waals surface area contributed by atoms with Gasteiger partial charge in [-0.25, -0.2) is 14.8 Å². The van der Waals surface area contributed by atoms with Gasteiger partial charge >= 0.3 is 6.09 Å². The molecule has 1 aliphatic rings. The third-order valence-corrected chi connectivity index (χ3v) is 7.46. The summed E-state index contributed by atoms with van der Waals surface area (Å²) >= 11 is 2.26. The Bertz CT molecular complexity index is 1090. The quantitative estimate of drug-likeness (QED) is 0.348. The van der Waals surface area contributed by atoms with Gasteiger partial charge in [-0.1, -0.05) is 30.3 Å². The number of fused-ring (bicyclic) bond motifs is 1. The number of nitrogens with zero attached hydrogens (tertiary/aromatic N) is 5. The summed E-state index contributed by atoms with van der Waals surface area (Å²) in [5.41, 5.74) is 1.69. The van der Waals surface area contributed by atoms with Gasteiger partial charge in [-0.2, -0.15) is 0 Å². The van der Waals surface area contributed by atoms with E-state index in [-0.39, 0.29) is 12.1 Å². The molecule has 0 aliphatic carbocycles. The number of hydrogen-bond acceptors (Lipinski definition) is 6. The molecule has 1 saturated heterocycles. The summed E-state index contributed by atoms with van der Waals surface area (Å²) in [6, 6.07) is 12.7. The van der Waals surface area contributed by atoms with E-state index in [0.717, 1.165) is 49.2 Å². The van der Waals surface area contributed by atoms with E-state index in [1.165, 1.54) is 5.56 Å². The molecule has 176 valence electrons. The lowest BCUT2D eigenvalue weighted by Crippen LogP contribution is -2.51. The maximum Gasteiger partial charge on any atom is 0.410 e. The summed E-state index contributed by atoms with van der Waals surface area (Å²) in [7, 11) is 1.59. The second-order valence-electron chi connectivity index (χ2n) is 9.30. The van der Waals surface area contributed by atoms with Crippen molar-refractivity contribution in [1.29, 1.82) is 0 Å². The highest BCUT2D eigenvalue weighted by atomic mass is 127. The summed E-state index contributed by atoms with van der Waals surface area (Å²) in [5.74, 6) is 0.927. The van der Waals surface area contributed by atoms with Crippen molar-refractivity contribution < 1.29 is 9.53 Å². The maximum absolute atomic E-state index is 12.8. The number of amides is 1. The lowest BCUT2D eigenvalue weighted by Gasteiger charge is -2.40. The standard InChI is InChI=1S/C24H30IN5O2S/c1-24(2,3)32-23(31)28-13-7-10-19(16-28)29(14-11-18-8-5-4-6-9-18)21-20-12-15-30(33-25)22(20)27-17-26-21/h4-6,8-9,12,15,17,19H,7,10-11,13-14,16H2,1-3H3. The number of hydrogen-bond donors (Lipinski definition) is 0. The van der Waals surface area contributed by atoms with Gasteiger partial charge < -0.3 is 14.5 Å². The zero-order valence-electron chi connectivity index (χ0n) is 19.3. The number of piperidine rings is 1. The molecule has 1 amide bonds. The van der Waals surface area contributed by atoms with Crippen LogP contribution in [0.5, 0.6) is 0 Å². The molecule has 33 heavy (non-hydrogen) atoms. The molecule has 4 rings (SSSR count). The number of carbonyl (C=O) groups is 1. The lowest BCUT2D eigenvalue weighted by atomic mass is 10.0. The number of ether oxygens (including phenoxy) is 1. The number of rotatable bonds is 6. The van der Waals surface area contributed by atoms with Crippen LogP contribution in [0.2, 0.25) is 0 Å². The van der Waals surface area contributed by atoms with Crippen LogP contribution in [-0.4, -0.2) is 56.2 Å². The zero-order chi connectivity index (χ0) is 23.4. The summed E-state index contributed by atoms with van der Waals surface area (Å²) in [4.78, 5) is 26.3. The molecule has 1 unspecified atom stereocenters. The molecule has 1 aromatic carbocycles. The highest BCUT2D eigenvalue weighted by Gasteiger charge is 2.32. The Morgan fingerprint density at radius 3 is 2.76 bits per heavy atom. The van der Waals surface area contributed by atoms with Crippen molar-refractivity contribution in [1.82, 2.24) is 18.8 Å². The zero-order valence-corrected chi connectivity index (χ0v) is 22.3. The Balaban J connectivity index is 1.63. The predicted molar refractivity (Wildman–Crippen MR) is 143 cm³/mol. The molecule has 3 heterocycles. The predicted octanol–water partition coefficient (Wildman–Crippen LogP) is 5.73. The normalized spacial score (nSPS) is 16.7. The maximum atomic E-state index is 12.8. The smallest absolute Gasteiger partial charge is 0.410 e. The second kappa shape index (κ2) is 10.5. The highest BCUT2D eigenvalue weighted by molar-refractivity contribution is 14.2. The first-order valence-corrected chi connectivity index (χ1v) is 14.6. The summed E-state index contributed by atoms with van der Waals surface area (Å²) < 4.78 is 7.71. The van der Waals surface area contributed by atoms with Crippen LogP contribution in [0.3, 0.4) is 0 Å². The van der Waals surface area contributed by atoms with Gasteiger partial charge in [-0.15, -0.1) is 0 Å². The van der Waals surface area contributed by atoms with Gasteiger partial charge in [0, 0.05) is 62.2 Å². The first-order valence-electron chi connectivity index (χ1n) is 11.3. The van der Waals surface area contributed by atoms with Crippen LogP contribution in [0, 0.1) is 0 Å². The van der Waals surface area contributed by atoms with Crippen LogP contribution in [-0.2, 0) is 11.2 Å². The van der Waals surface area contributed by atoms with Gasteiger partial charge in [0.1, 0.15) is 17.7 Å². The van der Waals surface area contributed by atoms with Crippen molar-refractivity contribution in [3.8, 4) is 0 Å². The molecular weight excluding hydrogens is 549 g/mol. The minimum Gasteiger partial charge on any atom is -0.444 e. The fourth-order valence-corrected chi connectivity index (χ4v) is 5.53. The molecule has 3 aromatic rings. The summed E-state index contributed by atoms with van der Waals surface area (Å²) in [6.45, 7) is 7.88. The number of aromatic nitrogens is 3. The molecule has 0 radical (unpaired) electrons. The molecule has 2 aromatic heterocycles. The minimum atomic E-state index is -0.504. The van der Waals surface area contributed by atoms with E-state index in [4.69, 9.17) is 9.72 Å². The molecule has 0 saturated carbocycles. The van der Waals surface area contributed by atoms with Crippen molar-refractivity contribution in [2.75, 3.05) is 24.5 Å².